The van der Waals surface area contributed by atoms with Crippen LogP contribution in [-0.4, -0.2) is 12.1 Å². The lowest BCUT2D eigenvalue weighted by Gasteiger charge is -2.15. The van der Waals surface area contributed by atoms with E-state index in [4.69, 9.17) is 21.1 Å². The molecule has 4 rings (SSSR count). The largest absolute Gasteiger partial charge is 0.491 e. The number of ether oxygens (including phenoxy) is 2. The molecule has 0 spiro atoms. The standard InChI is InChI=1S/C40H47ClO3/c1-4-6-8-10-11-30(3)43-37-24-26-38(27-25-37)44-40(42)28-23-35-21-22-36(29-39(35)41)34-19-17-33(18-20-34)32-15-13-31(14-16-32)12-9-7-5-2/h13-22,24-27,29-30H,4-12,23,28H2,1-3H3/t30-/m0/s1. The maximum atomic E-state index is 12.5. The number of carbonyl (C=O) groups excluding carboxylic acids is 1. The Bertz CT molecular complexity index is 1430. The second-order valence-electron chi connectivity index (χ2n) is 11.8. The molecule has 0 fully saturated rings. The number of rotatable bonds is 17. The van der Waals surface area contributed by atoms with Gasteiger partial charge < -0.3 is 9.47 Å². The maximum absolute atomic E-state index is 12.5. The van der Waals surface area contributed by atoms with Crippen molar-refractivity contribution in [1.82, 2.24) is 0 Å². The van der Waals surface area contributed by atoms with Gasteiger partial charge in [-0.3, -0.25) is 4.79 Å². The molecule has 232 valence electrons. The van der Waals surface area contributed by atoms with Crippen molar-refractivity contribution in [1.29, 1.82) is 0 Å². The SMILES string of the molecule is CCCCCC[C@H](C)Oc1ccc(OC(=O)CCc2ccc(-c3ccc(-c4ccc(CCCCC)cc4)cc3)cc2Cl)cc1. The van der Waals surface area contributed by atoms with E-state index in [1.165, 1.54) is 61.6 Å². The lowest BCUT2D eigenvalue weighted by molar-refractivity contribution is -0.134. The fourth-order valence-electron chi connectivity index (χ4n) is 5.38. The van der Waals surface area contributed by atoms with Crippen LogP contribution in [0, 0.1) is 0 Å². The number of hydrogen-bond donors (Lipinski definition) is 0. The second-order valence-corrected chi connectivity index (χ2v) is 12.2. The van der Waals surface area contributed by atoms with Crippen molar-refractivity contribution in [2.75, 3.05) is 0 Å². The van der Waals surface area contributed by atoms with Crippen LogP contribution in [0.1, 0.15) is 89.7 Å². The van der Waals surface area contributed by atoms with Gasteiger partial charge in [0.05, 0.1) is 12.5 Å². The number of esters is 1. The summed E-state index contributed by atoms with van der Waals surface area (Å²) in [5.41, 5.74) is 6.92. The fourth-order valence-corrected chi connectivity index (χ4v) is 5.66. The van der Waals surface area contributed by atoms with Gasteiger partial charge >= 0.3 is 5.97 Å². The molecule has 0 aliphatic heterocycles. The predicted molar refractivity (Wildman–Crippen MR) is 185 cm³/mol. The van der Waals surface area contributed by atoms with Crippen molar-refractivity contribution in [3.8, 4) is 33.8 Å². The highest BCUT2D eigenvalue weighted by Crippen LogP contribution is 2.29. The highest BCUT2D eigenvalue weighted by molar-refractivity contribution is 6.31. The van der Waals surface area contributed by atoms with Crippen LogP contribution in [0.4, 0.5) is 0 Å². The van der Waals surface area contributed by atoms with Crippen LogP contribution in [0.5, 0.6) is 11.5 Å². The first-order chi connectivity index (χ1) is 21.4. The van der Waals surface area contributed by atoms with Crippen LogP contribution >= 0.6 is 11.6 Å². The van der Waals surface area contributed by atoms with Gasteiger partial charge in [-0.25, -0.2) is 0 Å². The van der Waals surface area contributed by atoms with Gasteiger partial charge in [-0.15, -0.1) is 0 Å². The van der Waals surface area contributed by atoms with Crippen molar-refractivity contribution < 1.29 is 14.3 Å². The van der Waals surface area contributed by atoms with Crippen molar-refractivity contribution in [3.05, 3.63) is 107 Å². The van der Waals surface area contributed by atoms with Crippen LogP contribution in [0.15, 0.2) is 91.0 Å². The Morgan fingerprint density at radius 2 is 1.23 bits per heavy atom. The Hall–Kier alpha value is -3.56. The third kappa shape index (κ3) is 10.6. The van der Waals surface area contributed by atoms with Gasteiger partial charge in [0.2, 0.25) is 0 Å². The van der Waals surface area contributed by atoms with Crippen LogP contribution in [0.3, 0.4) is 0 Å². The highest BCUT2D eigenvalue weighted by atomic mass is 35.5. The quantitative estimate of drug-likeness (QED) is 0.0677. The van der Waals surface area contributed by atoms with Crippen molar-refractivity contribution in [2.45, 2.75) is 97.5 Å². The first kappa shape index (κ1) is 33.3. The monoisotopic (exact) mass is 610 g/mol. The summed E-state index contributed by atoms with van der Waals surface area (Å²) in [5.74, 6) is 1.03. The predicted octanol–water partition coefficient (Wildman–Crippen LogP) is 11.7. The van der Waals surface area contributed by atoms with E-state index >= 15 is 0 Å². The Labute approximate surface area is 269 Å². The number of hydrogen-bond acceptors (Lipinski definition) is 3. The molecule has 1 atom stereocenters. The lowest BCUT2D eigenvalue weighted by atomic mass is 9.97. The number of unbranched alkanes of at least 4 members (excludes halogenated alkanes) is 5. The maximum Gasteiger partial charge on any atom is 0.311 e. The van der Waals surface area contributed by atoms with E-state index in [9.17, 15) is 4.79 Å². The average molecular weight is 611 g/mol. The molecule has 0 amide bonds. The van der Waals surface area contributed by atoms with E-state index in [-0.39, 0.29) is 18.5 Å². The molecule has 0 radical (unpaired) electrons. The number of aryl methyl sites for hydroxylation is 2. The van der Waals surface area contributed by atoms with Gasteiger partial charge in [-0.05, 0) is 103 Å². The molecule has 3 nitrogen and oxygen atoms in total. The van der Waals surface area contributed by atoms with E-state index < -0.39 is 0 Å². The molecule has 4 heteroatoms. The summed E-state index contributed by atoms with van der Waals surface area (Å²) in [7, 11) is 0. The number of benzene rings is 4. The van der Waals surface area contributed by atoms with Crippen LogP contribution in [0.2, 0.25) is 5.02 Å². The first-order valence-electron chi connectivity index (χ1n) is 16.4. The van der Waals surface area contributed by atoms with Gasteiger partial charge in [0.15, 0.2) is 0 Å². The third-order valence-corrected chi connectivity index (χ3v) is 8.43. The summed E-state index contributed by atoms with van der Waals surface area (Å²) in [6.45, 7) is 6.56. The molecule has 0 unspecified atom stereocenters. The zero-order chi connectivity index (χ0) is 31.1. The molecule has 4 aromatic carbocycles. The van der Waals surface area contributed by atoms with Crippen molar-refractivity contribution >= 4 is 17.6 Å². The summed E-state index contributed by atoms with van der Waals surface area (Å²) in [6.07, 6.45) is 11.8. The number of carbonyl (C=O) groups is 1. The van der Waals surface area contributed by atoms with E-state index in [1.807, 2.05) is 24.3 Å². The van der Waals surface area contributed by atoms with Gasteiger partial charge in [0, 0.05) is 5.02 Å². The summed E-state index contributed by atoms with van der Waals surface area (Å²) < 4.78 is 11.6. The minimum Gasteiger partial charge on any atom is -0.491 e. The molecule has 0 aromatic heterocycles. The molecule has 0 aliphatic carbocycles. The zero-order valence-electron chi connectivity index (χ0n) is 26.6. The summed E-state index contributed by atoms with van der Waals surface area (Å²) in [4.78, 5) is 12.5. The van der Waals surface area contributed by atoms with E-state index in [1.54, 1.807) is 12.1 Å². The fraction of sp³-hybridized carbons (Fsp3) is 0.375. The zero-order valence-corrected chi connectivity index (χ0v) is 27.4. The van der Waals surface area contributed by atoms with Gasteiger partial charge in [-0.2, -0.15) is 0 Å². The second kappa shape index (κ2) is 17.7. The van der Waals surface area contributed by atoms with Crippen molar-refractivity contribution in [3.63, 3.8) is 0 Å². The van der Waals surface area contributed by atoms with Crippen LogP contribution in [0.25, 0.3) is 22.3 Å². The summed E-state index contributed by atoms with van der Waals surface area (Å²) in [5, 5.41) is 0.656. The first-order valence-corrected chi connectivity index (χ1v) is 16.8. The molecule has 0 heterocycles. The molecule has 0 saturated carbocycles. The van der Waals surface area contributed by atoms with Crippen LogP contribution < -0.4 is 9.47 Å². The molecule has 0 saturated heterocycles. The van der Waals surface area contributed by atoms with Crippen molar-refractivity contribution in [2.24, 2.45) is 0 Å². The van der Waals surface area contributed by atoms with Gasteiger partial charge in [0.25, 0.3) is 0 Å². The molecule has 4 aromatic rings. The normalized spacial score (nSPS) is 11.7. The Morgan fingerprint density at radius 1 is 0.659 bits per heavy atom. The minimum atomic E-state index is -0.285. The van der Waals surface area contributed by atoms with Crippen LogP contribution in [-0.2, 0) is 17.6 Å². The molecule has 0 aliphatic rings. The van der Waals surface area contributed by atoms with Gasteiger partial charge in [-0.1, -0.05) is 118 Å². The number of halogens is 1. The summed E-state index contributed by atoms with van der Waals surface area (Å²) >= 11 is 6.65. The molecular weight excluding hydrogens is 564 g/mol. The van der Waals surface area contributed by atoms with Gasteiger partial charge in [0.1, 0.15) is 11.5 Å². The molecular formula is C40H47ClO3. The molecule has 0 N–H and O–H groups in total. The smallest absolute Gasteiger partial charge is 0.311 e. The van der Waals surface area contributed by atoms with E-state index in [0.29, 0.717) is 17.2 Å². The Morgan fingerprint density at radius 3 is 1.86 bits per heavy atom. The Balaban J connectivity index is 1.25. The third-order valence-electron chi connectivity index (χ3n) is 8.08. The Kier molecular flexibility index (Phi) is 13.4. The average Bonchev–Trinajstić information content (AvgIpc) is 3.04. The highest BCUT2D eigenvalue weighted by Gasteiger charge is 2.11. The topological polar surface area (TPSA) is 35.5 Å². The summed E-state index contributed by atoms with van der Waals surface area (Å²) in [6, 6.07) is 30.9. The lowest BCUT2D eigenvalue weighted by Crippen LogP contribution is -2.12. The van der Waals surface area contributed by atoms with E-state index in [0.717, 1.165) is 35.3 Å². The van der Waals surface area contributed by atoms with E-state index in [2.05, 4.69) is 75.4 Å². The molecule has 0 bridgehead atoms. The minimum absolute atomic E-state index is 0.165. The molecule has 44 heavy (non-hydrogen) atoms.